The lowest BCUT2D eigenvalue weighted by Gasteiger charge is -2.09. The second-order valence-corrected chi connectivity index (χ2v) is 4.44. The highest BCUT2D eigenvalue weighted by atomic mass is 19.1. The Morgan fingerprint density at radius 3 is 2.50 bits per heavy atom. The highest BCUT2D eigenvalue weighted by Crippen LogP contribution is 2.29. The number of aromatic nitrogens is 1. The van der Waals surface area contributed by atoms with Crippen molar-refractivity contribution in [2.24, 2.45) is 0 Å². The van der Waals surface area contributed by atoms with Crippen LogP contribution < -0.4 is 10.9 Å². The summed E-state index contributed by atoms with van der Waals surface area (Å²) in [6.07, 6.45) is 2.70. The lowest BCUT2D eigenvalue weighted by atomic mass is 10.0. The van der Waals surface area contributed by atoms with Crippen molar-refractivity contribution in [1.29, 1.82) is 0 Å². The first-order valence-corrected chi connectivity index (χ1v) is 6.00. The average Bonchev–Trinajstić information content (AvgIpc) is 2.90. The number of pyridine rings is 1. The molecule has 1 aliphatic heterocycles. The van der Waals surface area contributed by atoms with Crippen LogP contribution in [-0.4, -0.2) is 4.98 Å². The predicted molar refractivity (Wildman–Crippen MR) is 67.0 cm³/mol. The van der Waals surface area contributed by atoms with Gasteiger partial charge in [0.1, 0.15) is 5.82 Å². The van der Waals surface area contributed by atoms with E-state index in [2.05, 4.69) is 15.8 Å². The minimum atomic E-state index is -0.203. The summed E-state index contributed by atoms with van der Waals surface area (Å²) in [6, 6.07) is 12.9. The monoisotopic (exact) mass is 243 g/mol. The number of hydrogen-bond donors (Lipinski definition) is 2. The van der Waals surface area contributed by atoms with Crippen molar-refractivity contribution >= 4 is 0 Å². The highest BCUT2D eigenvalue weighted by Gasteiger charge is 2.26. The third kappa shape index (κ3) is 2.25. The standard InChI is InChI=1S/C14H14FN3/c15-11-6-4-10(5-7-11)13-9-14(18-17-13)12-3-1-2-8-16-12/h1-8,13-14,17-18H,9H2. The van der Waals surface area contributed by atoms with E-state index in [0.29, 0.717) is 0 Å². The van der Waals surface area contributed by atoms with Gasteiger partial charge in [0, 0.05) is 12.2 Å². The predicted octanol–water partition coefficient (Wildman–Crippen LogP) is 2.50. The van der Waals surface area contributed by atoms with E-state index in [0.717, 1.165) is 17.7 Å². The highest BCUT2D eigenvalue weighted by molar-refractivity contribution is 5.22. The molecule has 2 atom stereocenters. The van der Waals surface area contributed by atoms with Crippen molar-refractivity contribution in [3.8, 4) is 0 Å². The van der Waals surface area contributed by atoms with Crippen molar-refractivity contribution in [1.82, 2.24) is 15.8 Å². The van der Waals surface area contributed by atoms with Crippen molar-refractivity contribution in [3.63, 3.8) is 0 Å². The normalized spacial score (nSPS) is 23.2. The molecule has 3 nitrogen and oxygen atoms in total. The maximum Gasteiger partial charge on any atom is 0.123 e. The van der Waals surface area contributed by atoms with Crippen LogP contribution in [0, 0.1) is 5.82 Å². The molecule has 0 spiro atoms. The van der Waals surface area contributed by atoms with Gasteiger partial charge in [-0.1, -0.05) is 18.2 Å². The van der Waals surface area contributed by atoms with Crippen LogP contribution in [-0.2, 0) is 0 Å². The second kappa shape index (κ2) is 4.84. The molecule has 2 aromatic rings. The van der Waals surface area contributed by atoms with Crippen LogP contribution in [0.25, 0.3) is 0 Å². The average molecular weight is 243 g/mol. The van der Waals surface area contributed by atoms with E-state index < -0.39 is 0 Å². The Kier molecular flexibility index (Phi) is 3.04. The topological polar surface area (TPSA) is 37.0 Å². The molecule has 2 N–H and O–H groups in total. The van der Waals surface area contributed by atoms with Crippen molar-refractivity contribution in [2.45, 2.75) is 18.5 Å². The van der Waals surface area contributed by atoms with Gasteiger partial charge in [0.25, 0.3) is 0 Å². The molecule has 1 saturated heterocycles. The van der Waals surface area contributed by atoms with Crippen molar-refractivity contribution in [3.05, 3.63) is 65.7 Å². The summed E-state index contributed by atoms with van der Waals surface area (Å²) in [5.41, 5.74) is 8.57. The molecule has 2 unspecified atom stereocenters. The summed E-state index contributed by atoms with van der Waals surface area (Å²) in [6.45, 7) is 0. The van der Waals surface area contributed by atoms with Gasteiger partial charge in [-0.15, -0.1) is 0 Å². The fourth-order valence-electron chi connectivity index (χ4n) is 2.25. The molecular weight excluding hydrogens is 229 g/mol. The number of nitrogens with one attached hydrogen (secondary N) is 2. The fraction of sp³-hybridized carbons (Fsp3) is 0.214. The summed E-state index contributed by atoms with van der Waals surface area (Å²) < 4.78 is 12.9. The fourth-order valence-corrected chi connectivity index (χ4v) is 2.25. The molecule has 3 rings (SSSR count). The van der Waals surface area contributed by atoms with Crippen LogP contribution in [0.4, 0.5) is 4.39 Å². The van der Waals surface area contributed by atoms with E-state index in [9.17, 15) is 4.39 Å². The van der Waals surface area contributed by atoms with Crippen LogP contribution in [0.5, 0.6) is 0 Å². The number of benzene rings is 1. The number of halogens is 1. The van der Waals surface area contributed by atoms with Gasteiger partial charge in [-0.05, 0) is 36.2 Å². The molecule has 0 saturated carbocycles. The van der Waals surface area contributed by atoms with Gasteiger partial charge >= 0.3 is 0 Å². The van der Waals surface area contributed by atoms with E-state index in [-0.39, 0.29) is 17.9 Å². The Hall–Kier alpha value is -1.78. The molecule has 0 amide bonds. The minimum absolute atomic E-state index is 0.192. The maximum atomic E-state index is 12.9. The zero-order chi connectivity index (χ0) is 12.4. The van der Waals surface area contributed by atoms with Gasteiger partial charge in [-0.25, -0.2) is 15.2 Å². The zero-order valence-corrected chi connectivity index (χ0v) is 9.81. The number of hydrogen-bond acceptors (Lipinski definition) is 3. The molecule has 2 heterocycles. The third-order valence-corrected chi connectivity index (χ3v) is 3.22. The smallest absolute Gasteiger partial charge is 0.123 e. The van der Waals surface area contributed by atoms with Gasteiger partial charge in [-0.3, -0.25) is 4.98 Å². The lowest BCUT2D eigenvalue weighted by Crippen LogP contribution is -2.27. The molecular formula is C14H14FN3. The van der Waals surface area contributed by atoms with Crippen molar-refractivity contribution in [2.75, 3.05) is 0 Å². The Labute approximate surface area is 105 Å². The van der Waals surface area contributed by atoms with Crippen LogP contribution >= 0.6 is 0 Å². The lowest BCUT2D eigenvalue weighted by molar-refractivity contribution is 0.548. The zero-order valence-electron chi connectivity index (χ0n) is 9.81. The minimum Gasteiger partial charge on any atom is -0.260 e. The number of hydrazine groups is 1. The molecule has 1 fully saturated rings. The summed E-state index contributed by atoms with van der Waals surface area (Å²) in [5, 5.41) is 0. The van der Waals surface area contributed by atoms with E-state index in [1.54, 1.807) is 6.20 Å². The molecule has 18 heavy (non-hydrogen) atoms. The van der Waals surface area contributed by atoms with E-state index >= 15 is 0 Å². The second-order valence-electron chi connectivity index (χ2n) is 4.44. The number of rotatable bonds is 2. The summed E-state index contributed by atoms with van der Waals surface area (Å²) in [5.74, 6) is -0.203. The van der Waals surface area contributed by atoms with Gasteiger partial charge in [0.05, 0.1) is 11.7 Å². The van der Waals surface area contributed by atoms with Gasteiger partial charge in [-0.2, -0.15) is 0 Å². The molecule has 1 aromatic heterocycles. The van der Waals surface area contributed by atoms with Gasteiger partial charge in [0.15, 0.2) is 0 Å². The first kappa shape index (κ1) is 11.3. The van der Waals surface area contributed by atoms with Crippen LogP contribution in [0.15, 0.2) is 48.7 Å². The quantitative estimate of drug-likeness (QED) is 0.851. The molecule has 0 bridgehead atoms. The van der Waals surface area contributed by atoms with E-state index in [1.807, 2.05) is 30.3 Å². The van der Waals surface area contributed by atoms with Gasteiger partial charge in [0.2, 0.25) is 0 Å². The Morgan fingerprint density at radius 2 is 1.78 bits per heavy atom. The first-order chi connectivity index (χ1) is 8.83. The van der Waals surface area contributed by atoms with E-state index in [4.69, 9.17) is 0 Å². The van der Waals surface area contributed by atoms with Crippen molar-refractivity contribution < 1.29 is 4.39 Å². The molecule has 4 heteroatoms. The Bertz CT molecular complexity index is 512. The largest absolute Gasteiger partial charge is 0.260 e. The third-order valence-electron chi connectivity index (χ3n) is 3.22. The van der Waals surface area contributed by atoms with E-state index in [1.165, 1.54) is 12.1 Å². The molecule has 0 radical (unpaired) electrons. The molecule has 0 aliphatic carbocycles. The molecule has 1 aromatic carbocycles. The Morgan fingerprint density at radius 1 is 1.00 bits per heavy atom. The van der Waals surface area contributed by atoms with Crippen LogP contribution in [0.3, 0.4) is 0 Å². The first-order valence-electron chi connectivity index (χ1n) is 6.00. The Balaban J connectivity index is 1.74. The summed E-state index contributed by atoms with van der Waals surface area (Å²) >= 11 is 0. The van der Waals surface area contributed by atoms with Crippen LogP contribution in [0.1, 0.15) is 29.8 Å². The maximum absolute atomic E-state index is 12.9. The number of nitrogens with zero attached hydrogens (tertiary/aromatic N) is 1. The molecule has 92 valence electrons. The summed E-state index contributed by atoms with van der Waals surface area (Å²) in [7, 11) is 0. The van der Waals surface area contributed by atoms with Gasteiger partial charge < -0.3 is 0 Å². The SMILES string of the molecule is Fc1ccc(C2CC(c3ccccn3)NN2)cc1. The summed E-state index contributed by atoms with van der Waals surface area (Å²) in [4.78, 5) is 4.34. The molecule has 1 aliphatic rings. The van der Waals surface area contributed by atoms with Crippen LogP contribution in [0.2, 0.25) is 0 Å².